The van der Waals surface area contributed by atoms with E-state index in [9.17, 15) is 4.79 Å². The highest BCUT2D eigenvalue weighted by Gasteiger charge is 1.97. The fraction of sp³-hybridized carbons (Fsp3) is 0.200. The van der Waals surface area contributed by atoms with Crippen LogP contribution in [0.5, 0.6) is 0 Å². The van der Waals surface area contributed by atoms with Crippen molar-refractivity contribution in [1.29, 1.82) is 5.26 Å². The maximum atomic E-state index is 10.4. The molecule has 0 rings (SSSR count). The molecule has 0 heterocycles. The Morgan fingerprint density at radius 3 is 2.00 bits per heavy atom. The Hall–Kier alpha value is -1.46. The van der Waals surface area contributed by atoms with Crippen LogP contribution in [0.15, 0.2) is 0 Å². The lowest BCUT2D eigenvalue weighted by Gasteiger charge is -1.94. The summed E-state index contributed by atoms with van der Waals surface area (Å²) in [6.07, 6.45) is -0.211. The molecule has 0 aliphatic rings. The zero-order valence-electron chi connectivity index (χ0n) is 6.61. The molecule has 0 atom stereocenters. The zero-order chi connectivity index (χ0) is 10.9. The van der Waals surface area contributed by atoms with Crippen LogP contribution in [-0.4, -0.2) is 16.1 Å². The molecule has 72 valence electrons. The van der Waals surface area contributed by atoms with Crippen molar-refractivity contribution in [2.24, 2.45) is 17.2 Å². The smallest absolute Gasteiger partial charge is 0.240 e. The van der Waals surface area contributed by atoms with E-state index in [2.05, 4.69) is 41.2 Å². The molecule has 0 unspecified atom stereocenters. The highest BCUT2D eigenvalue weighted by atomic mass is 32.1. The van der Waals surface area contributed by atoms with Gasteiger partial charge in [-0.25, -0.2) is 0 Å². The Morgan fingerprint density at radius 2 is 1.77 bits per heavy atom. The first kappa shape index (κ1) is 14.1. The number of nitrogens with zero attached hydrogens (tertiary/aromatic N) is 1. The largest absolute Gasteiger partial charge is 0.377 e. The number of nitriles is 1. The average molecular weight is 219 g/mol. The summed E-state index contributed by atoms with van der Waals surface area (Å²) in [7, 11) is 0. The maximum Gasteiger partial charge on any atom is 0.240 e. The number of hydrogen-bond donors (Lipinski definition) is 4. The van der Waals surface area contributed by atoms with Crippen LogP contribution in [0.4, 0.5) is 0 Å². The van der Waals surface area contributed by atoms with Crippen molar-refractivity contribution in [3.8, 4) is 6.07 Å². The van der Waals surface area contributed by atoms with Crippen LogP contribution >= 0.6 is 24.4 Å². The van der Waals surface area contributed by atoms with E-state index in [0.29, 0.717) is 0 Å². The lowest BCUT2D eigenvalue weighted by atomic mass is 10.4. The van der Waals surface area contributed by atoms with E-state index in [4.69, 9.17) is 11.0 Å². The number of carbonyl (C=O) groups excluding carboxylic acids is 1. The van der Waals surface area contributed by atoms with Crippen LogP contribution in [0.3, 0.4) is 0 Å². The molecule has 0 saturated carbocycles. The standard InChI is InChI=1S/C4H5N3OS.CH4N2S/c5-2-1-3(8)7-4(6)9;2-1(3)4/h1H2,(H3,6,7,8,9);(H4,2,3,4). The fourth-order valence-corrected chi connectivity index (χ4v) is 0.367. The van der Waals surface area contributed by atoms with Gasteiger partial charge in [0.2, 0.25) is 5.91 Å². The third-order valence-electron chi connectivity index (χ3n) is 0.502. The summed E-state index contributed by atoms with van der Waals surface area (Å²) in [5.41, 5.74) is 14.2. The van der Waals surface area contributed by atoms with Gasteiger partial charge in [-0.3, -0.25) is 4.79 Å². The van der Waals surface area contributed by atoms with E-state index < -0.39 is 5.91 Å². The van der Waals surface area contributed by atoms with Crippen molar-refractivity contribution in [3.63, 3.8) is 0 Å². The number of carbonyl (C=O) groups is 1. The SMILES string of the molecule is N#CCC(=O)NC(N)=S.NC(N)=S. The van der Waals surface area contributed by atoms with Gasteiger partial charge in [-0.15, -0.1) is 0 Å². The normalized spacial score (nSPS) is 7.00. The predicted octanol–water partition coefficient (Wildman–Crippen LogP) is -1.55. The van der Waals surface area contributed by atoms with Gasteiger partial charge in [-0.05, 0) is 24.4 Å². The topological polar surface area (TPSA) is 131 Å². The summed E-state index contributed by atoms with van der Waals surface area (Å²) in [6.45, 7) is 0. The van der Waals surface area contributed by atoms with Gasteiger partial charge in [0.05, 0.1) is 6.07 Å². The van der Waals surface area contributed by atoms with Gasteiger partial charge < -0.3 is 22.5 Å². The zero-order valence-corrected chi connectivity index (χ0v) is 8.24. The minimum Gasteiger partial charge on any atom is -0.377 e. The molecule has 8 heteroatoms. The number of amides is 1. The van der Waals surface area contributed by atoms with Crippen LogP contribution in [-0.2, 0) is 4.79 Å². The number of rotatable bonds is 1. The Balaban J connectivity index is 0. The summed E-state index contributed by atoms with van der Waals surface area (Å²) in [6, 6.07) is 1.65. The quantitative estimate of drug-likeness (QED) is 0.392. The van der Waals surface area contributed by atoms with Gasteiger partial charge in [0, 0.05) is 0 Å². The first-order valence-electron chi connectivity index (χ1n) is 2.91. The number of thiocarbonyl (C=S) groups is 2. The Bertz CT molecular complexity index is 242. The minimum absolute atomic E-state index is 0.000000000000000222. The van der Waals surface area contributed by atoms with Crippen molar-refractivity contribution < 1.29 is 4.79 Å². The van der Waals surface area contributed by atoms with E-state index in [1.807, 2.05) is 0 Å². The van der Waals surface area contributed by atoms with Crippen LogP contribution in [0.2, 0.25) is 0 Å². The molecule has 0 bridgehead atoms. The Labute approximate surface area is 86.0 Å². The summed E-state index contributed by atoms with van der Waals surface area (Å²) in [5.74, 6) is -0.468. The molecule has 0 aliphatic carbocycles. The van der Waals surface area contributed by atoms with Gasteiger partial charge in [0.1, 0.15) is 6.42 Å². The van der Waals surface area contributed by atoms with E-state index in [0.717, 1.165) is 0 Å². The monoisotopic (exact) mass is 219 g/mol. The molecule has 0 spiro atoms. The van der Waals surface area contributed by atoms with Crippen LogP contribution in [0.1, 0.15) is 6.42 Å². The van der Waals surface area contributed by atoms with Crippen LogP contribution in [0, 0.1) is 11.3 Å². The number of hydrogen-bond acceptors (Lipinski definition) is 4. The van der Waals surface area contributed by atoms with Crippen LogP contribution < -0.4 is 22.5 Å². The lowest BCUT2D eigenvalue weighted by Crippen LogP contribution is -2.34. The molecule has 0 fully saturated rings. The van der Waals surface area contributed by atoms with Gasteiger partial charge in [-0.2, -0.15) is 5.26 Å². The summed E-state index contributed by atoms with van der Waals surface area (Å²) < 4.78 is 0. The average Bonchev–Trinajstić information content (AvgIpc) is 1.83. The van der Waals surface area contributed by atoms with Gasteiger partial charge >= 0.3 is 0 Å². The second kappa shape index (κ2) is 8.63. The third kappa shape index (κ3) is 25.0. The number of nitrogens with two attached hydrogens (primary N) is 3. The lowest BCUT2D eigenvalue weighted by molar-refractivity contribution is -0.118. The first-order valence-corrected chi connectivity index (χ1v) is 3.73. The number of nitrogens with one attached hydrogen (secondary N) is 1. The summed E-state index contributed by atoms with van der Waals surface area (Å²) >= 11 is 8.41. The fourth-order valence-electron chi connectivity index (χ4n) is 0.253. The highest BCUT2D eigenvalue weighted by Crippen LogP contribution is 1.72. The second-order valence-corrected chi connectivity index (χ2v) is 2.56. The Morgan fingerprint density at radius 1 is 1.38 bits per heavy atom. The molecule has 7 N–H and O–H groups in total. The van der Waals surface area contributed by atoms with Gasteiger partial charge in [0.25, 0.3) is 0 Å². The van der Waals surface area contributed by atoms with Crippen molar-refractivity contribution in [1.82, 2.24) is 5.32 Å². The van der Waals surface area contributed by atoms with Crippen LogP contribution in [0.25, 0.3) is 0 Å². The maximum absolute atomic E-state index is 10.4. The molecule has 1 amide bonds. The van der Waals surface area contributed by atoms with Crippen molar-refractivity contribution in [3.05, 3.63) is 0 Å². The molecule has 0 aromatic carbocycles. The van der Waals surface area contributed by atoms with E-state index in [1.165, 1.54) is 0 Å². The second-order valence-electron chi connectivity index (χ2n) is 1.65. The van der Waals surface area contributed by atoms with E-state index >= 15 is 0 Å². The molecule has 0 radical (unpaired) electrons. The van der Waals surface area contributed by atoms with Gasteiger partial charge in [-0.1, -0.05) is 0 Å². The molecule has 6 nitrogen and oxygen atoms in total. The van der Waals surface area contributed by atoms with Crippen molar-refractivity contribution >= 4 is 40.6 Å². The molecule has 0 saturated heterocycles. The molecule has 0 aliphatic heterocycles. The molecule has 0 aromatic rings. The van der Waals surface area contributed by atoms with Crippen molar-refractivity contribution in [2.45, 2.75) is 6.42 Å². The van der Waals surface area contributed by atoms with Gasteiger partial charge in [0.15, 0.2) is 10.2 Å². The van der Waals surface area contributed by atoms with E-state index in [-0.39, 0.29) is 16.6 Å². The summed E-state index contributed by atoms with van der Waals surface area (Å²) in [5, 5.41) is 9.94. The highest BCUT2D eigenvalue weighted by molar-refractivity contribution is 7.80. The predicted molar refractivity (Wildman–Crippen MR) is 56.1 cm³/mol. The molecular formula is C5H9N5OS2. The van der Waals surface area contributed by atoms with Crippen molar-refractivity contribution in [2.75, 3.05) is 0 Å². The first-order chi connectivity index (χ1) is 5.90. The molecule has 0 aromatic heterocycles. The van der Waals surface area contributed by atoms with E-state index in [1.54, 1.807) is 6.07 Å². The molecule has 13 heavy (non-hydrogen) atoms. The third-order valence-corrected chi connectivity index (χ3v) is 0.604. The summed E-state index contributed by atoms with van der Waals surface area (Å²) in [4.78, 5) is 10.4. The Kier molecular flexibility index (Phi) is 9.36. The minimum atomic E-state index is -0.468. The molecular weight excluding hydrogens is 210 g/mol.